The number of rotatable bonds is 5. The molecule has 0 saturated heterocycles. The van der Waals surface area contributed by atoms with E-state index in [0.29, 0.717) is 5.56 Å². The molecular formula is C17H16FN3O. The second-order valence-corrected chi connectivity index (χ2v) is 4.88. The number of hydrogen-bond acceptors (Lipinski definition) is 3. The van der Waals surface area contributed by atoms with Crippen molar-refractivity contribution in [2.45, 2.75) is 13.0 Å². The first-order chi connectivity index (χ1) is 10.6. The molecule has 22 heavy (non-hydrogen) atoms. The molecular weight excluding hydrogens is 281 g/mol. The molecule has 2 N–H and O–H groups in total. The molecule has 112 valence electrons. The molecule has 1 amide bonds. The van der Waals surface area contributed by atoms with Gasteiger partial charge in [0.25, 0.3) is 0 Å². The Kier molecular flexibility index (Phi) is 5.10. The zero-order chi connectivity index (χ0) is 15.9. The van der Waals surface area contributed by atoms with Crippen LogP contribution in [0, 0.1) is 17.1 Å². The Morgan fingerprint density at radius 3 is 2.41 bits per heavy atom. The SMILES string of the molecule is CC(NC(=O)CNc1ccc(C#N)cc1)c1ccc(F)cc1. The van der Waals surface area contributed by atoms with Crippen molar-refractivity contribution in [2.24, 2.45) is 0 Å². The van der Waals surface area contributed by atoms with E-state index >= 15 is 0 Å². The first-order valence-corrected chi connectivity index (χ1v) is 6.87. The summed E-state index contributed by atoms with van der Waals surface area (Å²) in [6.45, 7) is 1.96. The molecule has 0 spiro atoms. The van der Waals surface area contributed by atoms with Crippen molar-refractivity contribution < 1.29 is 9.18 Å². The third kappa shape index (κ3) is 4.32. The third-order valence-electron chi connectivity index (χ3n) is 3.21. The van der Waals surface area contributed by atoms with Crippen LogP contribution in [0.2, 0.25) is 0 Å². The summed E-state index contributed by atoms with van der Waals surface area (Å²) < 4.78 is 12.9. The molecule has 5 heteroatoms. The lowest BCUT2D eigenvalue weighted by Crippen LogP contribution is -2.32. The minimum absolute atomic E-state index is 0.122. The van der Waals surface area contributed by atoms with Gasteiger partial charge in [-0.25, -0.2) is 4.39 Å². The number of nitrogens with one attached hydrogen (secondary N) is 2. The maximum atomic E-state index is 12.9. The molecule has 1 unspecified atom stereocenters. The molecule has 1 atom stereocenters. The van der Waals surface area contributed by atoms with Crippen LogP contribution in [0.5, 0.6) is 0 Å². The summed E-state index contributed by atoms with van der Waals surface area (Å²) in [6.07, 6.45) is 0. The number of benzene rings is 2. The van der Waals surface area contributed by atoms with Crippen molar-refractivity contribution >= 4 is 11.6 Å². The fourth-order valence-electron chi connectivity index (χ4n) is 1.97. The molecule has 0 aliphatic carbocycles. The Morgan fingerprint density at radius 1 is 1.18 bits per heavy atom. The van der Waals surface area contributed by atoms with Gasteiger partial charge in [-0.05, 0) is 48.9 Å². The van der Waals surface area contributed by atoms with Gasteiger partial charge in [-0.3, -0.25) is 4.79 Å². The number of nitrogens with zero attached hydrogens (tertiary/aromatic N) is 1. The van der Waals surface area contributed by atoms with Crippen LogP contribution in [-0.2, 0) is 4.79 Å². The molecule has 0 bridgehead atoms. The number of halogens is 1. The predicted octanol–water partition coefficient (Wildman–Crippen LogP) is 2.99. The smallest absolute Gasteiger partial charge is 0.239 e. The lowest BCUT2D eigenvalue weighted by molar-refractivity contribution is -0.120. The third-order valence-corrected chi connectivity index (χ3v) is 3.21. The zero-order valence-electron chi connectivity index (χ0n) is 12.1. The van der Waals surface area contributed by atoms with E-state index in [2.05, 4.69) is 10.6 Å². The second-order valence-electron chi connectivity index (χ2n) is 4.88. The molecule has 0 aromatic heterocycles. The van der Waals surface area contributed by atoms with Crippen molar-refractivity contribution in [2.75, 3.05) is 11.9 Å². The van der Waals surface area contributed by atoms with E-state index in [4.69, 9.17) is 5.26 Å². The highest BCUT2D eigenvalue weighted by Gasteiger charge is 2.09. The Bertz CT molecular complexity index is 675. The summed E-state index contributed by atoms with van der Waals surface area (Å²) in [6, 6.07) is 14.7. The second kappa shape index (κ2) is 7.23. The predicted molar refractivity (Wildman–Crippen MR) is 82.6 cm³/mol. The van der Waals surface area contributed by atoms with Gasteiger partial charge in [-0.1, -0.05) is 12.1 Å². The van der Waals surface area contributed by atoms with Crippen LogP contribution >= 0.6 is 0 Å². The molecule has 0 saturated carbocycles. The number of carbonyl (C=O) groups excluding carboxylic acids is 1. The zero-order valence-corrected chi connectivity index (χ0v) is 12.1. The molecule has 2 rings (SSSR count). The number of amides is 1. The average Bonchev–Trinajstić information content (AvgIpc) is 2.54. The van der Waals surface area contributed by atoms with Crippen LogP contribution in [0.15, 0.2) is 48.5 Å². The molecule has 0 aliphatic rings. The summed E-state index contributed by atoms with van der Waals surface area (Å²) in [4.78, 5) is 11.9. The number of anilines is 1. The molecule has 2 aromatic rings. The fourth-order valence-corrected chi connectivity index (χ4v) is 1.97. The van der Waals surface area contributed by atoms with Gasteiger partial charge in [0.2, 0.25) is 5.91 Å². The minimum atomic E-state index is -0.301. The Labute approximate surface area is 128 Å². The Hall–Kier alpha value is -2.87. The van der Waals surface area contributed by atoms with Gasteiger partial charge in [0.15, 0.2) is 0 Å². The summed E-state index contributed by atoms with van der Waals surface area (Å²) in [5.41, 5.74) is 2.18. The highest BCUT2D eigenvalue weighted by molar-refractivity contribution is 5.81. The van der Waals surface area contributed by atoms with Crippen LogP contribution in [0.4, 0.5) is 10.1 Å². The van der Waals surface area contributed by atoms with E-state index in [-0.39, 0.29) is 24.3 Å². The van der Waals surface area contributed by atoms with Gasteiger partial charge in [0, 0.05) is 5.69 Å². The van der Waals surface area contributed by atoms with Gasteiger partial charge >= 0.3 is 0 Å². The number of carbonyl (C=O) groups is 1. The molecule has 2 aromatic carbocycles. The Morgan fingerprint density at radius 2 is 1.82 bits per heavy atom. The molecule has 0 aliphatic heterocycles. The lowest BCUT2D eigenvalue weighted by Gasteiger charge is -2.15. The van der Waals surface area contributed by atoms with E-state index in [9.17, 15) is 9.18 Å². The normalized spacial score (nSPS) is 11.3. The van der Waals surface area contributed by atoms with Gasteiger partial charge in [-0.2, -0.15) is 5.26 Å². The van der Waals surface area contributed by atoms with Gasteiger partial charge in [0.05, 0.1) is 24.2 Å². The van der Waals surface area contributed by atoms with Crippen LogP contribution in [0.25, 0.3) is 0 Å². The standard InChI is InChI=1S/C17H16FN3O/c1-12(14-4-6-15(18)7-5-14)21-17(22)11-20-16-8-2-13(10-19)3-9-16/h2-9,12,20H,11H2,1H3,(H,21,22). The largest absolute Gasteiger partial charge is 0.376 e. The fraction of sp³-hybridized carbons (Fsp3) is 0.176. The highest BCUT2D eigenvalue weighted by atomic mass is 19.1. The van der Waals surface area contributed by atoms with E-state index in [1.807, 2.05) is 13.0 Å². The van der Waals surface area contributed by atoms with E-state index < -0.39 is 0 Å². The summed E-state index contributed by atoms with van der Waals surface area (Å²) in [7, 11) is 0. The van der Waals surface area contributed by atoms with Crippen molar-refractivity contribution in [3.63, 3.8) is 0 Å². The summed E-state index contributed by atoms with van der Waals surface area (Å²) >= 11 is 0. The maximum Gasteiger partial charge on any atom is 0.239 e. The van der Waals surface area contributed by atoms with E-state index in [0.717, 1.165) is 11.3 Å². The number of nitriles is 1. The molecule has 4 nitrogen and oxygen atoms in total. The van der Waals surface area contributed by atoms with Crippen LogP contribution in [0.1, 0.15) is 24.1 Å². The quantitative estimate of drug-likeness (QED) is 0.891. The first-order valence-electron chi connectivity index (χ1n) is 6.87. The van der Waals surface area contributed by atoms with Gasteiger partial charge in [0.1, 0.15) is 5.82 Å². The van der Waals surface area contributed by atoms with Gasteiger partial charge < -0.3 is 10.6 Å². The van der Waals surface area contributed by atoms with Crippen molar-refractivity contribution in [1.29, 1.82) is 5.26 Å². The monoisotopic (exact) mass is 297 g/mol. The lowest BCUT2D eigenvalue weighted by atomic mass is 10.1. The topological polar surface area (TPSA) is 64.9 Å². The van der Waals surface area contributed by atoms with Crippen molar-refractivity contribution in [3.05, 3.63) is 65.5 Å². The average molecular weight is 297 g/mol. The van der Waals surface area contributed by atoms with E-state index in [1.165, 1.54) is 12.1 Å². The number of hydrogen-bond donors (Lipinski definition) is 2. The van der Waals surface area contributed by atoms with Crippen molar-refractivity contribution in [1.82, 2.24) is 5.32 Å². The minimum Gasteiger partial charge on any atom is -0.376 e. The van der Waals surface area contributed by atoms with Crippen LogP contribution in [-0.4, -0.2) is 12.5 Å². The molecule has 0 fully saturated rings. The molecule has 0 radical (unpaired) electrons. The van der Waals surface area contributed by atoms with Crippen LogP contribution in [0.3, 0.4) is 0 Å². The van der Waals surface area contributed by atoms with Crippen LogP contribution < -0.4 is 10.6 Å². The van der Waals surface area contributed by atoms with Gasteiger partial charge in [-0.15, -0.1) is 0 Å². The highest BCUT2D eigenvalue weighted by Crippen LogP contribution is 2.13. The summed E-state index contributed by atoms with van der Waals surface area (Å²) in [5, 5.41) is 14.5. The maximum absolute atomic E-state index is 12.9. The van der Waals surface area contributed by atoms with E-state index in [1.54, 1.807) is 36.4 Å². The Balaban J connectivity index is 1.84. The first kappa shape index (κ1) is 15.5. The molecule has 0 heterocycles. The van der Waals surface area contributed by atoms with Crippen molar-refractivity contribution in [3.8, 4) is 6.07 Å². The summed E-state index contributed by atoms with van der Waals surface area (Å²) in [5.74, 6) is -0.467.